The van der Waals surface area contributed by atoms with Crippen molar-refractivity contribution in [2.75, 3.05) is 5.75 Å². The zero-order chi connectivity index (χ0) is 18.7. The number of hydrogen-bond donors (Lipinski definition) is 0. The molecule has 134 valence electrons. The molecule has 0 saturated heterocycles. The fourth-order valence-corrected chi connectivity index (χ4v) is 5.43. The van der Waals surface area contributed by atoms with Crippen LogP contribution in [0, 0.1) is 0 Å². The van der Waals surface area contributed by atoms with Crippen molar-refractivity contribution in [2.24, 2.45) is 0 Å². The topological polar surface area (TPSA) is 68.3 Å². The second kappa shape index (κ2) is 7.54. The Morgan fingerprint density at radius 2 is 1.16 bits per heavy atom. The van der Waals surface area contributed by atoms with Crippen LogP contribution < -0.4 is 0 Å². The van der Waals surface area contributed by atoms with Crippen LogP contribution >= 0.6 is 0 Å². The first-order valence-corrected chi connectivity index (χ1v) is 11.2. The van der Waals surface area contributed by atoms with Crippen LogP contribution in [0.4, 0.5) is 0 Å². The Morgan fingerprint density at radius 1 is 0.760 bits per heavy atom. The van der Waals surface area contributed by atoms with Gasteiger partial charge in [0, 0.05) is 0 Å². The second-order valence-corrected chi connectivity index (χ2v) is 9.84. The molecule has 6 heteroatoms. The molecule has 2 aromatic rings. The number of hydrogen-bond acceptors (Lipinski definition) is 4. The first-order valence-electron chi connectivity index (χ1n) is 8.04. The van der Waals surface area contributed by atoms with Gasteiger partial charge in [0.1, 0.15) is 0 Å². The van der Waals surface area contributed by atoms with Crippen molar-refractivity contribution < 1.29 is 16.8 Å². The smallest absolute Gasteiger partial charge is 0.203 e. The summed E-state index contributed by atoms with van der Waals surface area (Å²) >= 11 is 0. The highest BCUT2D eigenvalue weighted by molar-refractivity contribution is 7.98. The number of rotatable bonds is 7. The minimum atomic E-state index is -3.89. The molecule has 0 heterocycles. The van der Waals surface area contributed by atoms with Gasteiger partial charge >= 0.3 is 0 Å². The summed E-state index contributed by atoms with van der Waals surface area (Å²) in [6.45, 7) is 7.47. The number of aryl methyl sites for hydroxylation is 2. The summed E-state index contributed by atoms with van der Waals surface area (Å²) in [5, 5.41) is 0. The van der Waals surface area contributed by atoms with Crippen LogP contribution in [0.3, 0.4) is 0 Å². The van der Waals surface area contributed by atoms with E-state index < -0.39 is 25.4 Å². The predicted molar refractivity (Wildman–Crippen MR) is 100 cm³/mol. The zero-order valence-electron chi connectivity index (χ0n) is 14.4. The summed E-state index contributed by atoms with van der Waals surface area (Å²) < 4.78 is 50.1. The number of benzene rings is 2. The lowest BCUT2D eigenvalue weighted by Gasteiger charge is -2.10. The summed E-state index contributed by atoms with van der Waals surface area (Å²) in [6, 6.07) is 12.9. The van der Waals surface area contributed by atoms with E-state index in [1.165, 1.54) is 24.3 Å². The summed E-state index contributed by atoms with van der Waals surface area (Å²) in [6.07, 6.45) is 1.60. The van der Waals surface area contributed by atoms with Gasteiger partial charge in [-0.1, -0.05) is 44.7 Å². The van der Waals surface area contributed by atoms with Crippen LogP contribution in [-0.2, 0) is 32.5 Å². The molecule has 0 amide bonds. The molecule has 0 aromatic heterocycles. The van der Waals surface area contributed by atoms with Gasteiger partial charge in [-0.05, 0) is 48.2 Å². The molecular formula is C19H22O4S2. The molecule has 0 atom stereocenters. The van der Waals surface area contributed by atoms with E-state index in [2.05, 4.69) is 6.58 Å². The third-order valence-electron chi connectivity index (χ3n) is 4.06. The van der Waals surface area contributed by atoms with Gasteiger partial charge in [0.15, 0.2) is 9.84 Å². The molecule has 0 N–H and O–H groups in total. The van der Waals surface area contributed by atoms with Crippen LogP contribution in [0.5, 0.6) is 0 Å². The lowest BCUT2D eigenvalue weighted by atomic mass is 10.2. The highest BCUT2D eigenvalue weighted by atomic mass is 32.2. The summed E-state index contributed by atoms with van der Waals surface area (Å²) in [4.78, 5) is -0.162. The largest absolute Gasteiger partial charge is 0.223 e. The van der Waals surface area contributed by atoms with Gasteiger partial charge < -0.3 is 0 Å². The molecule has 0 aliphatic carbocycles. The van der Waals surface area contributed by atoms with E-state index in [0.717, 1.165) is 24.0 Å². The van der Waals surface area contributed by atoms with Crippen molar-refractivity contribution in [3.8, 4) is 0 Å². The maximum atomic E-state index is 12.6. The van der Waals surface area contributed by atoms with E-state index in [-0.39, 0.29) is 14.7 Å². The van der Waals surface area contributed by atoms with Gasteiger partial charge in [0.2, 0.25) is 9.84 Å². The van der Waals surface area contributed by atoms with Crippen LogP contribution in [0.15, 0.2) is 69.8 Å². The minimum Gasteiger partial charge on any atom is -0.223 e. The van der Waals surface area contributed by atoms with E-state index >= 15 is 0 Å². The average molecular weight is 379 g/mol. The lowest BCUT2D eigenvalue weighted by Crippen LogP contribution is -2.15. The monoisotopic (exact) mass is 378 g/mol. The molecule has 0 spiro atoms. The molecule has 0 unspecified atom stereocenters. The Labute approximate surface area is 150 Å². The van der Waals surface area contributed by atoms with Crippen molar-refractivity contribution in [3.05, 3.63) is 71.1 Å². The normalized spacial score (nSPS) is 12.1. The molecule has 2 aromatic carbocycles. The van der Waals surface area contributed by atoms with E-state index in [1.54, 1.807) is 24.3 Å². The van der Waals surface area contributed by atoms with Crippen molar-refractivity contribution in [2.45, 2.75) is 36.5 Å². The molecule has 0 bridgehead atoms. The maximum absolute atomic E-state index is 12.6. The van der Waals surface area contributed by atoms with Crippen molar-refractivity contribution in [1.82, 2.24) is 0 Å². The van der Waals surface area contributed by atoms with E-state index in [4.69, 9.17) is 0 Å². The molecule has 0 saturated carbocycles. The van der Waals surface area contributed by atoms with Crippen molar-refractivity contribution >= 4 is 19.7 Å². The molecule has 0 aliphatic rings. The highest BCUT2D eigenvalue weighted by Crippen LogP contribution is 2.23. The Bertz CT molecular complexity index is 953. The van der Waals surface area contributed by atoms with E-state index in [0.29, 0.717) is 0 Å². The molecule has 0 radical (unpaired) electrons. The van der Waals surface area contributed by atoms with Gasteiger partial charge in [-0.2, -0.15) is 0 Å². The fraction of sp³-hybridized carbons (Fsp3) is 0.263. The Hall–Kier alpha value is -1.92. The third-order valence-corrected chi connectivity index (χ3v) is 7.76. The van der Waals surface area contributed by atoms with Gasteiger partial charge in [0.05, 0.1) is 20.4 Å². The molecule has 0 fully saturated rings. The van der Waals surface area contributed by atoms with Gasteiger partial charge in [-0.25, -0.2) is 16.8 Å². The van der Waals surface area contributed by atoms with Crippen LogP contribution in [0.2, 0.25) is 0 Å². The van der Waals surface area contributed by atoms with Gasteiger partial charge in [-0.15, -0.1) is 0 Å². The van der Waals surface area contributed by atoms with Crippen molar-refractivity contribution in [3.63, 3.8) is 0 Å². The maximum Gasteiger partial charge on any atom is 0.203 e. The molecule has 25 heavy (non-hydrogen) atoms. The fourth-order valence-electron chi connectivity index (χ4n) is 2.38. The quantitative estimate of drug-likeness (QED) is 0.738. The van der Waals surface area contributed by atoms with Gasteiger partial charge in [0.25, 0.3) is 0 Å². The highest BCUT2D eigenvalue weighted by Gasteiger charge is 2.25. The molecule has 2 rings (SSSR count). The van der Waals surface area contributed by atoms with E-state index in [1.807, 2.05) is 13.8 Å². The van der Waals surface area contributed by atoms with Crippen LogP contribution in [-0.4, -0.2) is 22.6 Å². The van der Waals surface area contributed by atoms with Crippen LogP contribution in [0.25, 0.3) is 0 Å². The summed E-state index contributed by atoms with van der Waals surface area (Å²) in [5.41, 5.74) is 2.02. The minimum absolute atomic E-state index is 0.0613. The average Bonchev–Trinajstić information content (AvgIpc) is 2.61. The van der Waals surface area contributed by atoms with Gasteiger partial charge in [-0.3, -0.25) is 0 Å². The standard InChI is InChI=1S/C19H22O4S2/c1-4-16-6-10-18(11-7-16)24(20,21)14-15(3)25(22,23)19-12-8-17(5-2)9-13-19/h6-13H,3-5,14H2,1-2H3. The Balaban J connectivity index is 2.26. The lowest BCUT2D eigenvalue weighted by molar-refractivity contribution is 0.592. The SMILES string of the molecule is C=C(CS(=O)(=O)c1ccc(CC)cc1)S(=O)(=O)c1ccc(CC)cc1. The summed E-state index contributed by atoms with van der Waals surface area (Å²) in [5.74, 6) is -0.629. The van der Waals surface area contributed by atoms with Crippen molar-refractivity contribution in [1.29, 1.82) is 0 Å². The van der Waals surface area contributed by atoms with E-state index in [9.17, 15) is 16.8 Å². The Kier molecular flexibility index (Phi) is 5.85. The van der Waals surface area contributed by atoms with Crippen LogP contribution in [0.1, 0.15) is 25.0 Å². The Morgan fingerprint density at radius 3 is 1.56 bits per heavy atom. The number of sulfone groups is 2. The predicted octanol–water partition coefficient (Wildman–Crippen LogP) is 3.57. The molecule has 4 nitrogen and oxygen atoms in total. The zero-order valence-corrected chi connectivity index (χ0v) is 16.0. The molecule has 0 aliphatic heterocycles. The first kappa shape index (κ1) is 19.4. The molecular weight excluding hydrogens is 356 g/mol. The third kappa shape index (κ3) is 4.38. The first-order chi connectivity index (χ1) is 11.7. The second-order valence-electron chi connectivity index (χ2n) is 5.80. The summed E-state index contributed by atoms with van der Waals surface area (Å²) in [7, 11) is -7.66.